The molecule has 0 aliphatic carbocycles. The smallest absolute Gasteiger partial charge is 0.335 e. The number of hydrogen-bond donors (Lipinski definition) is 2. The first-order valence-corrected chi connectivity index (χ1v) is 6.78. The third-order valence-corrected chi connectivity index (χ3v) is 3.55. The highest BCUT2D eigenvalue weighted by atomic mass is 79.9. The Balaban J connectivity index is 2.25. The van der Waals surface area contributed by atoms with E-state index in [-0.39, 0.29) is 5.56 Å². The Labute approximate surface area is 128 Å². The molecule has 0 aliphatic heterocycles. The van der Waals surface area contributed by atoms with Crippen molar-refractivity contribution < 1.29 is 19.1 Å². The first-order chi connectivity index (χ1) is 9.88. The quantitative estimate of drug-likeness (QED) is 0.882. The van der Waals surface area contributed by atoms with Gasteiger partial charge in [-0.15, -0.1) is 0 Å². The van der Waals surface area contributed by atoms with Crippen molar-refractivity contribution in [1.29, 1.82) is 0 Å². The summed E-state index contributed by atoms with van der Waals surface area (Å²) >= 11 is 3.21. The van der Waals surface area contributed by atoms with Crippen molar-refractivity contribution in [2.24, 2.45) is 0 Å². The lowest BCUT2D eigenvalue weighted by atomic mass is 10.1. The summed E-state index contributed by atoms with van der Waals surface area (Å²) in [4.78, 5) is 23.0. The maximum Gasteiger partial charge on any atom is 0.335 e. The summed E-state index contributed by atoms with van der Waals surface area (Å²) in [6.07, 6.45) is 0. The van der Waals surface area contributed by atoms with E-state index in [1.807, 2.05) is 0 Å². The first-order valence-electron chi connectivity index (χ1n) is 5.99. The molecule has 0 saturated heterocycles. The van der Waals surface area contributed by atoms with Gasteiger partial charge in [0.2, 0.25) is 0 Å². The van der Waals surface area contributed by atoms with Crippen LogP contribution in [0.4, 0.5) is 10.1 Å². The molecule has 0 spiro atoms. The molecule has 0 fully saturated rings. The Morgan fingerprint density at radius 2 is 1.90 bits per heavy atom. The zero-order valence-corrected chi connectivity index (χ0v) is 12.6. The highest BCUT2D eigenvalue weighted by Gasteiger charge is 2.13. The molecule has 0 radical (unpaired) electrons. The van der Waals surface area contributed by atoms with Gasteiger partial charge in [0.05, 0.1) is 11.3 Å². The fourth-order valence-corrected chi connectivity index (χ4v) is 2.30. The van der Waals surface area contributed by atoms with Crippen LogP contribution < -0.4 is 5.32 Å². The number of carboxylic acids is 1. The van der Waals surface area contributed by atoms with E-state index in [1.165, 1.54) is 36.4 Å². The number of hydrogen-bond acceptors (Lipinski definition) is 2. The molecule has 2 aromatic rings. The number of halogens is 2. The van der Waals surface area contributed by atoms with Crippen LogP contribution in [-0.2, 0) is 0 Å². The number of carboxylic acid groups (broad SMARTS) is 1. The predicted octanol–water partition coefficient (Wildman–Crippen LogP) is 3.85. The topological polar surface area (TPSA) is 66.4 Å². The van der Waals surface area contributed by atoms with Crippen LogP contribution >= 0.6 is 15.9 Å². The third kappa shape index (κ3) is 3.46. The second-order valence-corrected chi connectivity index (χ2v) is 5.27. The largest absolute Gasteiger partial charge is 0.478 e. The third-order valence-electron chi connectivity index (χ3n) is 2.90. The molecule has 0 unspecified atom stereocenters. The Morgan fingerprint density at radius 1 is 1.19 bits per heavy atom. The van der Waals surface area contributed by atoms with Crippen molar-refractivity contribution in [3.8, 4) is 0 Å². The lowest BCUT2D eigenvalue weighted by molar-refractivity contribution is 0.0696. The second kappa shape index (κ2) is 6.05. The Kier molecular flexibility index (Phi) is 4.37. The van der Waals surface area contributed by atoms with Gasteiger partial charge < -0.3 is 10.4 Å². The lowest BCUT2D eigenvalue weighted by Gasteiger charge is -2.10. The number of aryl methyl sites for hydroxylation is 1. The molecule has 6 heteroatoms. The van der Waals surface area contributed by atoms with Gasteiger partial charge in [0.1, 0.15) is 5.82 Å². The Hall–Kier alpha value is -2.21. The summed E-state index contributed by atoms with van der Waals surface area (Å²) in [5.41, 5.74) is 1.42. The minimum Gasteiger partial charge on any atom is -0.478 e. The van der Waals surface area contributed by atoms with Gasteiger partial charge >= 0.3 is 5.97 Å². The number of amides is 1. The van der Waals surface area contributed by atoms with Crippen LogP contribution in [0.15, 0.2) is 40.9 Å². The average molecular weight is 352 g/mol. The number of nitrogens with one attached hydrogen (secondary N) is 1. The van der Waals surface area contributed by atoms with Crippen molar-refractivity contribution in [1.82, 2.24) is 0 Å². The van der Waals surface area contributed by atoms with Crippen molar-refractivity contribution in [3.63, 3.8) is 0 Å². The Morgan fingerprint density at radius 3 is 2.48 bits per heavy atom. The van der Waals surface area contributed by atoms with Crippen molar-refractivity contribution in [3.05, 3.63) is 63.4 Å². The number of rotatable bonds is 3. The molecular weight excluding hydrogens is 341 g/mol. The molecule has 108 valence electrons. The standard InChI is InChI=1S/C15H11BrFNO3/c1-8-6-10(17)3-4-11(8)14(19)18-13-5-2-9(15(20)21)7-12(13)16/h2-7H,1H3,(H,18,19)(H,20,21). The van der Waals surface area contributed by atoms with Gasteiger partial charge in [-0.3, -0.25) is 4.79 Å². The van der Waals surface area contributed by atoms with Crippen molar-refractivity contribution in [2.75, 3.05) is 5.32 Å². The monoisotopic (exact) mass is 351 g/mol. The van der Waals surface area contributed by atoms with E-state index in [9.17, 15) is 14.0 Å². The van der Waals surface area contributed by atoms with E-state index in [1.54, 1.807) is 6.92 Å². The van der Waals surface area contributed by atoms with Gasteiger partial charge in [-0.2, -0.15) is 0 Å². The molecule has 2 N–H and O–H groups in total. The van der Waals surface area contributed by atoms with Gasteiger partial charge in [0, 0.05) is 10.0 Å². The van der Waals surface area contributed by atoms with E-state index in [2.05, 4.69) is 21.2 Å². The first kappa shape index (κ1) is 15.2. The number of carbonyl (C=O) groups is 2. The van der Waals surface area contributed by atoms with Gasteiger partial charge in [-0.1, -0.05) is 0 Å². The molecule has 2 aromatic carbocycles. The molecule has 0 aliphatic rings. The second-order valence-electron chi connectivity index (χ2n) is 4.41. The van der Waals surface area contributed by atoms with Gasteiger partial charge in [0.25, 0.3) is 5.91 Å². The van der Waals surface area contributed by atoms with E-state index < -0.39 is 17.7 Å². The fourth-order valence-electron chi connectivity index (χ4n) is 1.82. The Bertz CT molecular complexity index is 731. The van der Waals surface area contributed by atoms with Gasteiger partial charge in [-0.05, 0) is 64.8 Å². The number of anilines is 1. The van der Waals surface area contributed by atoms with Crippen LogP contribution in [0.3, 0.4) is 0 Å². The molecule has 2 rings (SSSR count). The fraction of sp³-hybridized carbons (Fsp3) is 0.0667. The van der Waals surface area contributed by atoms with Crippen molar-refractivity contribution in [2.45, 2.75) is 6.92 Å². The summed E-state index contributed by atoms with van der Waals surface area (Å²) < 4.78 is 13.5. The van der Waals surface area contributed by atoms with Gasteiger partial charge in [-0.25, -0.2) is 9.18 Å². The minimum absolute atomic E-state index is 0.109. The zero-order chi connectivity index (χ0) is 15.6. The predicted molar refractivity (Wildman–Crippen MR) is 80.2 cm³/mol. The van der Waals surface area contributed by atoms with E-state index in [0.29, 0.717) is 21.3 Å². The zero-order valence-electron chi connectivity index (χ0n) is 11.0. The van der Waals surface area contributed by atoms with Crippen LogP contribution in [-0.4, -0.2) is 17.0 Å². The van der Waals surface area contributed by atoms with E-state index in [0.717, 1.165) is 0 Å². The van der Waals surface area contributed by atoms with Crippen LogP contribution in [0.25, 0.3) is 0 Å². The average Bonchev–Trinajstić information content (AvgIpc) is 2.40. The van der Waals surface area contributed by atoms with E-state index >= 15 is 0 Å². The van der Waals surface area contributed by atoms with Crippen LogP contribution in [0, 0.1) is 12.7 Å². The van der Waals surface area contributed by atoms with Crippen molar-refractivity contribution >= 4 is 33.5 Å². The van der Waals surface area contributed by atoms with Gasteiger partial charge in [0.15, 0.2) is 0 Å². The minimum atomic E-state index is -1.05. The molecule has 0 saturated carbocycles. The highest BCUT2D eigenvalue weighted by molar-refractivity contribution is 9.10. The normalized spacial score (nSPS) is 10.2. The SMILES string of the molecule is Cc1cc(F)ccc1C(=O)Nc1ccc(C(=O)O)cc1Br. The molecule has 0 aromatic heterocycles. The highest BCUT2D eigenvalue weighted by Crippen LogP contribution is 2.24. The number of aromatic carboxylic acids is 1. The lowest BCUT2D eigenvalue weighted by Crippen LogP contribution is -2.14. The molecule has 1 amide bonds. The molecular formula is C15H11BrFNO3. The summed E-state index contributed by atoms with van der Waals surface area (Å²) in [6.45, 7) is 1.64. The van der Waals surface area contributed by atoms with Crippen LogP contribution in [0.1, 0.15) is 26.3 Å². The summed E-state index contributed by atoms with van der Waals surface area (Å²) in [7, 11) is 0. The summed E-state index contributed by atoms with van der Waals surface area (Å²) in [5, 5.41) is 11.5. The molecule has 0 bridgehead atoms. The molecule has 4 nitrogen and oxygen atoms in total. The van der Waals surface area contributed by atoms with Crippen LogP contribution in [0.5, 0.6) is 0 Å². The summed E-state index contributed by atoms with van der Waals surface area (Å²) in [5.74, 6) is -1.85. The maximum absolute atomic E-state index is 13.0. The molecule has 21 heavy (non-hydrogen) atoms. The molecule has 0 heterocycles. The van der Waals surface area contributed by atoms with E-state index in [4.69, 9.17) is 5.11 Å². The number of benzene rings is 2. The van der Waals surface area contributed by atoms with Crippen LogP contribution in [0.2, 0.25) is 0 Å². The maximum atomic E-state index is 13.0. The summed E-state index contributed by atoms with van der Waals surface area (Å²) in [6, 6.07) is 8.17. The number of carbonyl (C=O) groups excluding carboxylic acids is 1. The molecule has 0 atom stereocenters.